The fourth-order valence-electron chi connectivity index (χ4n) is 2.03. The molecular formula is C10H20O. The van der Waals surface area contributed by atoms with E-state index in [9.17, 15) is 5.11 Å². The van der Waals surface area contributed by atoms with Crippen molar-refractivity contribution in [3.63, 3.8) is 0 Å². The van der Waals surface area contributed by atoms with Gasteiger partial charge in [-0.15, -0.1) is 0 Å². The molecule has 11 heavy (non-hydrogen) atoms. The van der Waals surface area contributed by atoms with Crippen molar-refractivity contribution >= 4 is 0 Å². The zero-order chi connectivity index (χ0) is 8.91. The summed E-state index contributed by atoms with van der Waals surface area (Å²) in [6.45, 7) is 10.6. The van der Waals surface area contributed by atoms with Crippen molar-refractivity contribution in [3.05, 3.63) is 0 Å². The van der Waals surface area contributed by atoms with Crippen molar-refractivity contribution in [3.8, 4) is 0 Å². The summed E-state index contributed by atoms with van der Waals surface area (Å²) >= 11 is 0. The van der Waals surface area contributed by atoms with Crippen LogP contribution in [0.5, 0.6) is 0 Å². The van der Waals surface area contributed by atoms with Crippen molar-refractivity contribution in [1.29, 1.82) is 0 Å². The molecule has 0 aliphatic heterocycles. The van der Waals surface area contributed by atoms with E-state index < -0.39 is 5.60 Å². The molecule has 1 N–H and O–H groups in total. The highest BCUT2D eigenvalue weighted by molar-refractivity contribution is 5.05. The van der Waals surface area contributed by atoms with E-state index in [2.05, 4.69) is 27.7 Å². The lowest BCUT2D eigenvalue weighted by Crippen LogP contribution is -2.46. The van der Waals surface area contributed by atoms with Crippen LogP contribution in [0.1, 0.15) is 47.5 Å². The predicted molar refractivity (Wildman–Crippen MR) is 47.4 cm³/mol. The summed E-state index contributed by atoms with van der Waals surface area (Å²) in [6, 6.07) is 0. The number of aliphatic hydroxyl groups is 1. The Balaban J connectivity index is 3.00. The minimum absolute atomic E-state index is 0.0799. The Bertz CT molecular complexity index is 148. The molecule has 1 fully saturated rings. The van der Waals surface area contributed by atoms with Crippen LogP contribution in [0.15, 0.2) is 0 Å². The normalized spacial score (nSPS) is 32.2. The summed E-state index contributed by atoms with van der Waals surface area (Å²) in [7, 11) is 0. The summed E-state index contributed by atoms with van der Waals surface area (Å²) < 4.78 is 0. The van der Waals surface area contributed by atoms with Gasteiger partial charge >= 0.3 is 0 Å². The average Bonchev–Trinajstić information content (AvgIpc) is 1.93. The Hall–Kier alpha value is -0.0400. The van der Waals surface area contributed by atoms with Crippen LogP contribution in [-0.2, 0) is 0 Å². The van der Waals surface area contributed by atoms with Crippen LogP contribution in [0, 0.1) is 10.8 Å². The van der Waals surface area contributed by atoms with Gasteiger partial charge in [-0.25, -0.2) is 0 Å². The van der Waals surface area contributed by atoms with Crippen molar-refractivity contribution < 1.29 is 5.11 Å². The van der Waals surface area contributed by atoms with Gasteiger partial charge in [0.25, 0.3) is 0 Å². The molecule has 0 heterocycles. The maximum absolute atomic E-state index is 10.2. The SMILES string of the molecule is CC1(C)CCC(C)(C)C1(C)O. The van der Waals surface area contributed by atoms with Crippen molar-refractivity contribution in [2.75, 3.05) is 0 Å². The number of hydrogen-bond acceptors (Lipinski definition) is 1. The van der Waals surface area contributed by atoms with Gasteiger partial charge in [0.1, 0.15) is 0 Å². The van der Waals surface area contributed by atoms with E-state index in [0.29, 0.717) is 0 Å². The zero-order valence-electron chi connectivity index (χ0n) is 8.36. The molecule has 0 amide bonds. The first kappa shape index (κ1) is 9.05. The summed E-state index contributed by atoms with van der Waals surface area (Å²) in [5, 5.41) is 10.2. The summed E-state index contributed by atoms with van der Waals surface area (Å²) in [6.07, 6.45) is 2.26. The summed E-state index contributed by atoms with van der Waals surface area (Å²) in [5.74, 6) is 0. The van der Waals surface area contributed by atoms with Gasteiger partial charge in [0.05, 0.1) is 5.60 Å². The zero-order valence-corrected chi connectivity index (χ0v) is 8.36. The molecule has 1 aliphatic rings. The van der Waals surface area contributed by atoms with E-state index >= 15 is 0 Å². The van der Waals surface area contributed by atoms with Crippen molar-refractivity contribution in [1.82, 2.24) is 0 Å². The molecule has 1 rings (SSSR count). The molecule has 0 aromatic rings. The van der Waals surface area contributed by atoms with Gasteiger partial charge < -0.3 is 5.11 Å². The van der Waals surface area contributed by atoms with Crippen molar-refractivity contribution in [2.45, 2.75) is 53.1 Å². The van der Waals surface area contributed by atoms with Gasteiger partial charge in [-0.3, -0.25) is 0 Å². The number of hydrogen-bond donors (Lipinski definition) is 1. The van der Waals surface area contributed by atoms with E-state index in [4.69, 9.17) is 0 Å². The lowest BCUT2D eigenvalue weighted by atomic mass is 9.69. The van der Waals surface area contributed by atoms with Crippen LogP contribution in [-0.4, -0.2) is 10.7 Å². The molecule has 1 heteroatoms. The van der Waals surface area contributed by atoms with E-state index in [1.165, 1.54) is 0 Å². The standard InChI is InChI=1S/C10H20O/c1-8(2)6-7-9(3,4)10(8,5)11/h11H,6-7H2,1-5H3. The topological polar surface area (TPSA) is 20.2 Å². The third-order valence-electron chi connectivity index (χ3n) is 4.01. The van der Waals surface area contributed by atoms with Crippen LogP contribution >= 0.6 is 0 Å². The van der Waals surface area contributed by atoms with Crippen LogP contribution in [0.25, 0.3) is 0 Å². The van der Waals surface area contributed by atoms with E-state index in [-0.39, 0.29) is 10.8 Å². The van der Waals surface area contributed by atoms with Gasteiger partial charge in [0.15, 0.2) is 0 Å². The first-order chi connectivity index (χ1) is 4.71. The predicted octanol–water partition coefficient (Wildman–Crippen LogP) is 2.58. The van der Waals surface area contributed by atoms with Crippen LogP contribution in [0.2, 0.25) is 0 Å². The largest absolute Gasteiger partial charge is 0.389 e. The second-order valence-electron chi connectivity index (χ2n) is 5.34. The molecule has 1 aliphatic carbocycles. The molecule has 0 atom stereocenters. The van der Waals surface area contributed by atoms with E-state index in [1.807, 2.05) is 6.92 Å². The fourth-order valence-corrected chi connectivity index (χ4v) is 2.03. The molecule has 0 spiro atoms. The molecule has 0 radical (unpaired) electrons. The second kappa shape index (κ2) is 2.01. The van der Waals surface area contributed by atoms with Gasteiger partial charge in [-0.1, -0.05) is 27.7 Å². The molecule has 0 aromatic carbocycles. The van der Waals surface area contributed by atoms with Gasteiger partial charge in [-0.05, 0) is 30.6 Å². The molecule has 0 bridgehead atoms. The Morgan fingerprint density at radius 2 is 1.09 bits per heavy atom. The second-order valence-corrected chi connectivity index (χ2v) is 5.34. The van der Waals surface area contributed by atoms with E-state index in [1.54, 1.807) is 0 Å². The summed E-state index contributed by atoms with van der Waals surface area (Å²) in [4.78, 5) is 0. The quantitative estimate of drug-likeness (QED) is 0.571. The average molecular weight is 156 g/mol. The minimum atomic E-state index is -0.514. The molecule has 1 nitrogen and oxygen atoms in total. The smallest absolute Gasteiger partial charge is 0.0721 e. The van der Waals surface area contributed by atoms with Gasteiger partial charge in [0.2, 0.25) is 0 Å². The molecule has 66 valence electrons. The van der Waals surface area contributed by atoms with Gasteiger partial charge in [-0.2, -0.15) is 0 Å². The van der Waals surface area contributed by atoms with Crippen LogP contribution in [0.4, 0.5) is 0 Å². The lowest BCUT2D eigenvalue weighted by Gasteiger charge is -2.42. The third kappa shape index (κ3) is 1.01. The van der Waals surface area contributed by atoms with Gasteiger partial charge in [0, 0.05) is 0 Å². The third-order valence-corrected chi connectivity index (χ3v) is 4.01. The Morgan fingerprint density at radius 1 is 0.818 bits per heavy atom. The monoisotopic (exact) mass is 156 g/mol. The highest BCUT2D eigenvalue weighted by Crippen LogP contribution is 2.56. The van der Waals surface area contributed by atoms with Crippen molar-refractivity contribution in [2.24, 2.45) is 10.8 Å². The molecular weight excluding hydrogens is 136 g/mol. The molecule has 0 aromatic heterocycles. The van der Waals surface area contributed by atoms with Crippen LogP contribution in [0.3, 0.4) is 0 Å². The highest BCUT2D eigenvalue weighted by atomic mass is 16.3. The maximum atomic E-state index is 10.2. The first-order valence-corrected chi connectivity index (χ1v) is 4.43. The minimum Gasteiger partial charge on any atom is -0.389 e. The Kier molecular flexibility index (Phi) is 1.65. The maximum Gasteiger partial charge on any atom is 0.0721 e. The van der Waals surface area contributed by atoms with Crippen LogP contribution < -0.4 is 0 Å². The Morgan fingerprint density at radius 3 is 1.18 bits per heavy atom. The lowest BCUT2D eigenvalue weighted by molar-refractivity contribution is -0.0934. The first-order valence-electron chi connectivity index (χ1n) is 4.43. The summed E-state index contributed by atoms with van der Waals surface area (Å²) in [5.41, 5.74) is -0.354. The molecule has 1 saturated carbocycles. The van der Waals surface area contributed by atoms with E-state index in [0.717, 1.165) is 12.8 Å². The fraction of sp³-hybridized carbons (Fsp3) is 1.00. The molecule has 0 saturated heterocycles. The highest BCUT2D eigenvalue weighted by Gasteiger charge is 2.55. The number of rotatable bonds is 0. The molecule has 0 unspecified atom stereocenters. The Labute approximate surface area is 69.8 Å².